The second-order valence-electron chi connectivity index (χ2n) is 6.71. The van der Waals surface area contributed by atoms with Crippen LogP contribution in [0.15, 0.2) is 54.6 Å². The molecule has 6 nitrogen and oxygen atoms in total. The first-order valence-electron chi connectivity index (χ1n) is 9.17. The number of aliphatic hydroxyl groups excluding tert-OH is 1. The number of carbonyl (C=O) groups excluding carboxylic acids is 2. The number of amides is 2. The number of aliphatic hydroxyl groups is 1. The predicted molar refractivity (Wildman–Crippen MR) is 103 cm³/mol. The van der Waals surface area contributed by atoms with Gasteiger partial charge in [0.1, 0.15) is 5.75 Å². The van der Waals surface area contributed by atoms with E-state index >= 15 is 0 Å². The molecule has 0 radical (unpaired) electrons. The zero-order chi connectivity index (χ0) is 19.1. The van der Waals surface area contributed by atoms with E-state index in [-0.39, 0.29) is 30.6 Å². The van der Waals surface area contributed by atoms with Gasteiger partial charge in [-0.2, -0.15) is 0 Å². The van der Waals surface area contributed by atoms with Crippen LogP contribution in [0.4, 0.5) is 5.69 Å². The van der Waals surface area contributed by atoms with Crippen molar-refractivity contribution in [2.75, 3.05) is 11.9 Å². The Bertz CT molecular complexity index is 771. The SMILES string of the molecule is O=C(COc1cccc(NC(=O)c2ccccc2)c1)NC1CCC(O)CC1. The number of carbonyl (C=O) groups is 2. The number of rotatable bonds is 6. The Morgan fingerprint density at radius 1 is 1.00 bits per heavy atom. The van der Waals surface area contributed by atoms with Crippen LogP contribution in [-0.2, 0) is 4.79 Å². The lowest BCUT2D eigenvalue weighted by Gasteiger charge is -2.26. The summed E-state index contributed by atoms with van der Waals surface area (Å²) in [5, 5.41) is 15.3. The third-order valence-electron chi connectivity index (χ3n) is 4.56. The first kappa shape index (κ1) is 18.9. The van der Waals surface area contributed by atoms with E-state index in [1.807, 2.05) is 6.07 Å². The van der Waals surface area contributed by atoms with Crippen LogP contribution < -0.4 is 15.4 Å². The number of hydrogen-bond acceptors (Lipinski definition) is 4. The highest BCUT2D eigenvalue weighted by Crippen LogP contribution is 2.19. The molecule has 2 amide bonds. The molecule has 1 saturated carbocycles. The molecule has 1 fully saturated rings. The Balaban J connectivity index is 1.49. The maximum Gasteiger partial charge on any atom is 0.258 e. The minimum atomic E-state index is -0.247. The second-order valence-corrected chi connectivity index (χ2v) is 6.71. The molecule has 0 bridgehead atoms. The van der Waals surface area contributed by atoms with Gasteiger partial charge in [0, 0.05) is 23.4 Å². The third kappa shape index (κ3) is 5.82. The van der Waals surface area contributed by atoms with E-state index in [9.17, 15) is 14.7 Å². The molecule has 0 spiro atoms. The first-order chi connectivity index (χ1) is 13.1. The lowest BCUT2D eigenvalue weighted by molar-refractivity contribution is -0.124. The van der Waals surface area contributed by atoms with Gasteiger partial charge in [-0.15, -0.1) is 0 Å². The van der Waals surface area contributed by atoms with Crippen LogP contribution >= 0.6 is 0 Å². The lowest BCUT2D eigenvalue weighted by atomic mass is 9.93. The van der Waals surface area contributed by atoms with E-state index in [0.717, 1.165) is 25.7 Å². The summed E-state index contributed by atoms with van der Waals surface area (Å²) in [4.78, 5) is 24.2. The molecule has 0 atom stereocenters. The summed E-state index contributed by atoms with van der Waals surface area (Å²) in [5.74, 6) is 0.121. The largest absolute Gasteiger partial charge is 0.484 e. The van der Waals surface area contributed by atoms with Crippen LogP contribution in [0.1, 0.15) is 36.0 Å². The molecule has 0 heterocycles. The van der Waals surface area contributed by atoms with Crippen molar-refractivity contribution in [3.63, 3.8) is 0 Å². The molecule has 0 unspecified atom stereocenters. The molecule has 27 heavy (non-hydrogen) atoms. The molecule has 3 N–H and O–H groups in total. The highest BCUT2D eigenvalue weighted by atomic mass is 16.5. The highest BCUT2D eigenvalue weighted by Gasteiger charge is 2.20. The van der Waals surface area contributed by atoms with Crippen molar-refractivity contribution in [1.82, 2.24) is 5.32 Å². The van der Waals surface area contributed by atoms with Crippen LogP contribution in [-0.4, -0.2) is 35.7 Å². The normalized spacial score (nSPS) is 19.1. The molecule has 1 aliphatic carbocycles. The number of anilines is 1. The van der Waals surface area contributed by atoms with Crippen molar-refractivity contribution in [2.24, 2.45) is 0 Å². The Kier molecular flexibility index (Phi) is 6.44. The predicted octanol–water partition coefficient (Wildman–Crippen LogP) is 2.74. The molecule has 0 saturated heterocycles. The summed E-state index contributed by atoms with van der Waals surface area (Å²) in [6, 6.07) is 16.0. The fraction of sp³-hybridized carbons (Fsp3) is 0.333. The van der Waals surface area contributed by atoms with Gasteiger partial charge >= 0.3 is 0 Å². The van der Waals surface area contributed by atoms with E-state index < -0.39 is 0 Å². The molecule has 2 aromatic rings. The summed E-state index contributed by atoms with van der Waals surface area (Å²) in [6.07, 6.45) is 2.76. The monoisotopic (exact) mass is 368 g/mol. The molecule has 1 aliphatic rings. The first-order valence-corrected chi connectivity index (χ1v) is 9.17. The second kappa shape index (κ2) is 9.19. The molecular formula is C21H24N2O4. The summed E-state index contributed by atoms with van der Waals surface area (Å²) >= 11 is 0. The summed E-state index contributed by atoms with van der Waals surface area (Å²) in [5.41, 5.74) is 1.17. The summed E-state index contributed by atoms with van der Waals surface area (Å²) in [7, 11) is 0. The molecule has 6 heteroatoms. The van der Waals surface area contributed by atoms with Crippen molar-refractivity contribution in [3.8, 4) is 5.75 Å². The van der Waals surface area contributed by atoms with Crippen molar-refractivity contribution < 1.29 is 19.4 Å². The Hall–Kier alpha value is -2.86. The molecule has 2 aromatic carbocycles. The van der Waals surface area contributed by atoms with E-state index in [0.29, 0.717) is 17.0 Å². The van der Waals surface area contributed by atoms with E-state index in [1.54, 1.807) is 48.5 Å². The van der Waals surface area contributed by atoms with Gasteiger partial charge in [-0.1, -0.05) is 24.3 Å². The van der Waals surface area contributed by atoms with Crippen molar-refractivity contribution >= 4 is 17.5 Å². The van der Waals surface area contributed by atoms with Crippen LogP contribution in [0.3, 0.4) is 0 Å². The minimum absolute atomic E-state index is 0.0882. The standard InChI is InChI=1S/C21H24N2O4/c24-18-11-9-16(10-12-18)22-20(25)14-27-19-8-4-7-17(13-19)23-21(26)15-5-2-1-3-6-15/h1-8,13,16,18,24H,9-12,14H2,(H,22,25)(H,23,26). The fourth-order valence-corrected chi connectivity index (χ4v) is 3.09. The number of benzene rings is 2. The van der Waals surface area contributed by atoms with Crippen LogP contribution in [0.5, 0.6) is 5.75 Å². The highest BCUT2D eigenvalue weighted by molar-refractivity contribution is 6.04. The zero-order valence-electron chi connectivity index (χ0n) is 15.1. The number of nitrogens with one attached hydrogen (secondary N) is 2. The smallest absolute Gasteiger partial charge is 0.258 e. The number of hydrogen-bond donors (Lipinski definition) is 3. The quantitative estimate of drug-likeness (QED) is 0.732. The fourth-order valence-electron chi connectivity index (χ4n) is 3.09. The van der Waals surface area contributed by atoms with Gasteiger partial charge < -0.3 is 20.5 Å². The van der Waals surface area contributed by atoms with Gasteiger partial charge in [-0.25, -0.2) is 0 Å². The van der Waals surface area contributed by atoms with Gasteiger partial charge in [0.2, 0.25) is 0 Å². The van der Waals surface area contributed by atoms with Gasteiger partial charge in [0.25, 0.3) is 11.8 Å². The zero-order valence-corrected chi connectivity index (χ0v) is 15.1. The van der Waals surface area contributed by atoms with E-state index in [4.69, 9.17) is 4.74 Å². The maximum atomic E-state index is 12.2. The maximum absolute atomic E-state index is 12.2. The lowest BCUT2D eigenvalue weighted by Crippen LogP contribution is -2.40. The number of ether oxygens (including phenoxy) is 1. The molecule has 0 aliphatic heterocycles. The van der Waals surface area contributed by atoms with Crippen molar-refractivity contribution in [2.45, 2.75) is 37.8 Å². The minimum Gasteiger partial charge on any atom is -0.484 e. The van der Waals surface area contributed by atoms with Crippen LogP contribution in [0.25, 0.3) is 0 Å². The molecule has 142 valence electrons. The van der Waals surface area contributed by atoms with Crippen LogP contribution in [0.2, 0.25) is 0 Å². The van der Waals surface area contributed by atoms with Gasteiger partial charge in [0.15, 0.2) is 6.61 Å². The molecular weight excluding hydrogens is 344 g/mol. The Morgan fingerprint density at radius 2 is 1.74 bits per heavy atom. The van der Waals surface area contributed by atoms with Gasteiger partial charge in [-0.3, -0.25) is 9.59 Å². The average Bonchev–Trinajstić information content (AvgIpc) is 2.69. The summed E-state index contributed by atoms with van der Waals surface area (Å²) < 4.78 is 5.55. The van der Waals surface area contributed by atoms with Crippen molar-refractivity contribution in [3.05, 3.63) is 60.2 Å². The van der Waals surface area contributed by atoms with Gasteiger partial charge in [0.05, 0.1) is 6.10 Å². The Labute approximate surface area is 158 Å². The molecule has 0 aromatic heterocycles. The van der Waals surface area contributed by atoms with E-state index in [2.05, 4.69) is 10.6 Å². The molecule has 3 rings (SSSR count). The third-order valence-corrected chi connectivity index (χ3v) is 4.56. The van der Waals surface area contributed by atoms with Crippen molar-refractivity contribution in [1.29, 1.82) is 0 Å². The Morgan fingerprint density at radius 3 is 2.48 bits per heavy atom. The summed E-state index contributed by atoms with van der Waals surface area (Å²) in [6.45, 7) is -0.0882. The average molecular weight is 368 g/mol. The van der Waals surface area contributed by atoms with Gasteiger partial charge in [-0.05, 0) is 49.9 Å². The van der Waals surface area contributed by atoms with Crippen LogP contribution in [0, 0.1) is 0 Å². The van der Waals surface area contributed by atoms with E-state index in [1.165, 1.54) is 0 Å². The topological polar surface area (TPSA) is 87.7 Å².